The van der Waals surface area contributed by atoms with E-state index in [1.54, 1.807) is 0 Å². The molecule has 2 amide bonds. The van der Waals surface area contributed by atoms with Crippen LogP contribution in [-0.4, -0.2) is 24.1 Å². The van der Waals surface area contributed by atoms with Gasteiger partial charge in [0.05, 0.1) is 5.52 Å². The Balaban J connectivity index is 1.44. The van der Waals surface area contributed by atoms with E-state index in [0.29, 0.717) is 13.1 Å². The predicted molar refractivity (Wildman–Crippen MR) is 98.4 cm³/mol. The molecule has 0 aliphatic heterocycles. The SMILES string of the molecule is Cc1ccc(NC(=O)NCCNc2ccc3ccccc3n2)cc1. The van der Waals surface area contributed by atoms with Crippen molar-refractivity contribution >= 4 is 28.4 Å². The van der Waals surface area contributed by atoms with E-state index in [2.05, 4.69) is 20.9 Å². The van der Waals surface area contributed by atoms with Crippen molar-refractivity contribution in [3.8, 4) is 0 Å². The first kappa shape index (κ1) is 15.8. The quantitative estimate of drug-likeness (QED) is 0.627. The summed E-state index contributed by atoms with van der Waals surface area (Å²) in [6.45, 7) is 3.12. The van der Waals surface area contributed by atoms with E-state index >= 15 is 0 Å². The van der Waals surface area contributed by atoms with Gasteiger partial charge in [-0.25, -0.2) is 9.78 Å². The molecule has 0 saturated carbocycles. The van der Waals surface area contributed by atoms with Gasteiger partial charge < -0.3 is 16.0 Å². The molecule has 0 atom stereocenters. The van der Waals surface area contributed by atoms with Gasteiger partial charge >= 0.3 is 6.03 Å². The molecule has 24 heavy (non-hydrogen) atoms. The van der Waals surface area contributed by atoms with Crippen LogP contribution in [0.4, 0.5) is 16.3 Å². The van der Waals surface area contributed by atoms with Crippen molar-refractivity contribution < 1.29 is 4.79 Å². The number of nitrogens with zero attached hydrogens (tertiary/aromatic N) is 1. The lowest BCUT2D eigenvalue weighted by atomic mass is 10.2. The minimum absolute atomic E-state index is 0.216. The van der Waals surface area contributed by atoms with Gasteiger partial charge in [0.2, 0.25) is 0 Å². The number of fused-ring (bicyclic) bond motifs is 1. The van der Waals surface area contributed by atoms with Gasteiger partial charge in [0.15, 0.2) is 0 Å². The number of anilines is 2. The van der Waals surface area contributed by atoms with Crippen molar-refractivity contribution in [3.63, 3.8) is 0 Å². The zero-order valence-corrected chi connectivity index (χ0v) is 13.5. The Kier molecular flexibility index (Phi) is 4.91. The number of benzene rings is 2. The van der Waals surface area contributed by atoms with Crippen LogP contribution in [0.5, 0.6) is 0 Å². The minimum atomic E-state index is -0.216. The molecule has 122 valence electrons. The standard InChI is InChI=1S/C19H20N4O/c1-14-6-9-16(10-7-14)22-19(24)21-13-12-20-18-11-8-15-4-2-3-5-17(15)23-18/h2-11H,12-13H2,1H3,(H,20,23)(H2,21,22,24). The number of hydrogen-bond donors (Lipinski definition) is 3. The van der Waals surface area contributed by atoms with Crippen molar-refractivity contribution in [2.24, 2.45) is 0 Å². The second-order valence-corrected chi connectivity index (χ2v) is 5.56. The van der Waals surface area contributed by atoms with Crippen LogP contribution in [0.15, 0.2) is 60.7 Å². The molecule has 0 aliphatic rings. The lowest BCUT2D eigenvalue weighted by Gasteiger charge is -2.09. The zero-order chi connectivity index (χ0) is 16.8. The largest absolute Gasteiger partial charge is 0.368 e. The Morgan fingerprint density at radius 2 is 1.75 bits per heavy atom. The highest BCUT2D eigenvalue weighted by atomic mass is 16.2. The van der Waals surface area contributed by atoms with Gasteiger partial charge in [-0.05, 0) is 37.3 Å². The maximum atomic E-state index is 11.8. The fourth-order valence-corrected chi connectivity index (χ4v) is 2.34. The van der Waals surface area contributed by atoms with Gasteiger partial charge in [-0.15, -0.1) is 0 Å². The molecule has 0 aliphatic carbocycles. The van der Waals surface area contributed by atoms with Crippen LogP contribution in [0.2, 0.25) is 0 Å². The fourth-order valence-electron chi connectivity index (χ4n) is 2.34. The van der Waals surface area contributed by atoms with E-state index in [1.165, 1.54) is 0 Å². The number of nitrogens with one attached hydrogen (secondary N) is 3. The van der Waals surface area contributed by atoms with Gasteiger partial charge in [0.25, 0.3) is 0 Å². The molecule has 2 aromatic carbocycles. The first-order valence-electron chi connectivity index (χ1n) is 7.92. The van der Waals surface area contributed by atoms with Crippen molar-refractivity contribution in [1.29, 1.82) is 0 Å². The topological polar surface area (TPSA) is 66.1 Å². The van der Waals surface area contributed by atoms with Crippen molar-refractivity contribution in [1.82, 2.24) is 10.3 Å². The Labute approximate surface area is 141 Å². The molecule has 0 unspecified atom stereocenters. The number of carbonyl (C=O) groups excluding carboxylic acids is 1. The second kappa shape index (κ2) is 7.46. The monoisotopic (exact) mass is 320 g/mol. The number of hydrogen-bond acceptors (Lipinski definition) is 3. The Bertz CT molecular complexity index is 830. The van der Waals surface area contributed by atoms with Crippen LogP contribution in [0.1, 0.15) is 5.56 Å². The summed E-state index contributed by atoms with van der Waals surface area (Å²) in [5, 5.41) is 9.93. The number of para-hydroxylation sites is 1. The number of aromatic nitrogens is 1. The Morgan fingerprint density at radius 3 is 2.58 bits per heavy atom. The van der Waals surface area contributed by atoms with Crippen LogP contribution in [-0.2, 0) is 0 Å². The summed E-state index contributed by atoms with van der Waals surface area (Å²) < 4.78 is 0. The molecule has 3 rings (SSSR count). The first-order valence-corrected chi connectivity index (χ1v) is 7.92. The van der Waals surface area contributed by atoms with Crippen molar-refractivity contribution in [3.05, 3.63) is 66.2 Å². The lowest BCUT2D eigenvalue weighted by Crippen LogP contribution is -2.32. The Morgan fingerprint density at radius 1 is 0.958 bits per heavy atom. The molecule has 5 nitrogen and oxygen atoms in total. The van der Waals surface area contributed by atoms with E-state index in [4.69, 9.17) is 0 Å². The molecule has 3 aromatic rings. The zero-order valence-electron chi connectivity index (χ0n) is 13.5. The summed E-state index contributed by atoms with van der Waals surface area (Å²) in [5.74, 6) is 0.800. The van der Waals surface area contributed by atoms with E-state index in [9.17, 15) is 4.79 Å². The second-order valence-electron chi connectivity index (χ2n) is 5.56. The van der Waals surface area contributed by atoms with E-state index in [0.717, 1.165) is 28.0 Å². The number of pyridine rings is 1. The van der Waals surface area contributed by atoms with Crippen LogP contribution < -0.4 is 16.0 Å². The highest BCUT2D eigenvalue weighted by Crippen LogP contribution is 2.14. The van der Waals surface area contributed by atoms with E-state index in [1.807, 2.05) is 67.6 Å². The molecule has 0 radical (unpaired) electrons. The predicted octanol–water partition coefficient (Wildman–Crippen LogP) is 3.78. The molecule has 0 spiro atoms. The number of amides is 2. The molecule has 0 bridgehead atoms. The summed E-state index contributed by atoms with van der Waals surface area (Å²) in [6, 6.07) is 19.4. The van der Waals surface area contributed by atoms with Crippen LogP contribution in [0.25, 0.3) is 10.9 Å². The molecule has 0 saturated heterocycles. The highest BCUT2D eigenvalue weighted by Gasteiger charge is 2.01. The third-order valence-corrected chi connectivity index (χ3v) is 3.62. The number of carbonyl (C=O) groups is 1. The normalized spacial score (nSPS) is 10.4. The molecule has 5 heteroatoms. The van der Waals surface area contributed by atoms with Crippen molar-refractivity contribution in [2.45, 2.75) is 6.92 Å². The maximum absolute atomic E-state index is 11.8. The van der Waals surface area contributed by atoms with E-state index < -0.39 is 0 Å². The van der Waals surface area contributed by atoms with Crippen LogP contribution >= 0.6 is 0 Å². The fraction of sp³-hybridized carbons (Fsp3) is 0.158. The van der Waals surface area contributed by atoms with Crippen molar-refractivity contribution in [2.75, 3.05) is 23.7 Å². The third kappa shape index (κ3) is 4.23. The molecule has 0 fully saturated rings. The van der Waals surface area contributed by atoms with Crippen LogP contribution in [0, 0.1) is 6.92 Å². The molecule has 1 aromatic heterocycles. The van der Waals surface area contributed by atoms with Gasteiger partial charge in [-0.1, -0.05) is 35.9 Å². The number of urea groups is 1. The number of rotatable bonds is 5. The smallest absolute Gasteiger partial charge is 0.319 e. The molecular formula is C19H20N4O. The first-order chi connectivity index (χ1) is 11.7. The van der Waals surface area contributed by atoms with Crippen LogP contribution in [0.3, 0.4) is 0 Å². The summed E-state index contributed by atoms with van der Waals surface area (Å²) in [7, 11) is 0. The third-order valence-electron chi connectivity index (χ3n) is 3.62. The van der Waals surface area contributed by atoms with Gasteiger partial charge in [0, 0.05) is 24.2 Å². The molecule has 3 N–H and O–H groups in total. The summed E-state index contributed by atoms with van der Waals surface area (Å²) >= 11 is 0. The minimum Gasteiger partial charge on any atom is -0.368 e. The van der Waals surface area contributed by atoms with Gasteiger partial charge in [-0.2, -0.15) is 0 Å². The lowest BCUT2D eigenvalue weighted by molar-refractivity contribution is 0.252. The van der Waals surface area contributed by atoms with Gasteiger partial charge in [-0.3, -0.25) is 0 Å². The molecule has 1 heterocycles. The number of aryl methyl sites for hydroxylation is 1. The highest BCUT2D eigenvalue weighted by molar-refractivity contribution is 5.89. The average molecular weight is 320 g/mol. The Hall–Kier alpha value is -3.08. The maximum Gasteiger partial charge on any atom is 0.319 e. The summed E-state index contributed by atoms with van der Waals surface area (Å²) in [6.07, 6.45) is 0. The summed E-state index contributed by atoms with van der Waals surface area (Å²) in [4.78, 5) is 16.3. The average Bonchev–Trinajstić information content (AvgIpc) is 2.60. The van der Waals surface area contributed by atoms with Gasteiger partial charge in [0.1, 0.15) is 5.82 Å². The molecular weight excluding hydrogens is 300 g/mol. The van der Waals surface area contributed by atoms with E-state index in [-0.39, 0.29) is 6.03 Å². The summed E-state index contributed by atoms with van der Waals surface area (Å²) in [5.41, 5.74) is 2.89.